The van der Waals surface area contributed by atoms with Crippen LogP contribution in [0, 0.1) is 19.8 Å². The molecular formula is C22H25N3O4. The Morgan fingerprint density at radius 3 is 2.72 bits per heavy atom. The number of aryl methyl sites for hydroxylation is 2. The van der Waals surface area contributed by atoms with Gasteiger partial charge in [0.05, 0.1) is 12.6 Å². The minimum absolute atomic E-state index is 0.00826. The van der Waals surface area contributed by atoms with Crippen molar-refractivity contribution in [1.29, 1.82) is 0 Å². The number of urea groups is 1. The van der Waals surface area contributed by atoms with Crippen LogP contribution in [-0.2, 0) is 4.79 Å². The fourth-order valence-electron chi connectivity index (χ4n) is 3.35. The van der Waals surface area contributed by atoms with E-state index in [1.165, 1.54) is 6.07 Å². The number of carbonyl (C=O) groups excluding carboxylic acids is 2. The third kappa shape index (κ3) is 4.34. The first-order valence-electron chi connectivity index (χ1n) is 9.40. The smallest absolute Gasteiger partial charge is 0.319 e. The second-order valence-electron chi connectivity index (χ2n) is 7.05. The Morgan fingerprint density at radius 1 is 1.24 bits per heavy atom. The fourth-order valence-corrected chi connectivity index (χ4v) is 3.35. The molecule has 0 spiro atoms. The normalized spacial score (nSPS) is 18.6. The Hall–Kier alpha value is -3.48. The zero-order valence-corrected chi connectivity index (χ0v) is 16.7. The van der Waals surface area contributed by atoms with E-state index in [-0.39, 0.29) is 17.4 Å². The van der Waals surface area contributed by atoms with Crippen molar-refractivity contribution in [1.82, 2.24) is 10.6 Å². The van der Waals surface area contributed by atoms with Crippen molar-refractivity contribution < 1.29 is 19.4 Å². The van der Waals surface area contributed by atoms with Gasteiger partial charge in [-0.2, -0.15) is 0 Å². The van der Waals surface area contributed by atoms with E-state index in [0.717, 1.165) is 11.1 Å². The molecule has 0 bridgehead atoms. The van der Waals surface area contributed by atoms with Crippen LogP contribution in [-0.4, -0.2) is 23.7 Å². The average molecular weight is 395 g/mol. The molecule has 1 aliphatic rings. The van der Waals surface area contributed by atoms with Crippen molar-refractivity contribution >= 4 is 17.6 Å². The third-order valence-electron chi connectivity index (χ3n) is 4.85. The maximum Gasteiger partial charge on any atom is 0.319 e. The number of nitrogens with one attached hydrogen (secondary N) is 3. The van der Waals surface area contributed by atoms with Gasteiger partial charge in [0.25, 0.3) is 0 Å². The third-order valence-corrected chi connectivity index (χ3v) is 4.85. The van der Waals surface area contributed by atoms with Gasteiger partial charge in [0.15, 0.2) is 11.5 Å². The van der Waals surface area contributed by atoms with Crippen molar-refractivity contribution in [2.75, 3.05) is 11.9 Å². The van der Waals surface area contributed by atoms with Crippen LogP contribution in [0.25, 0.3) is 0 Å². The molecular weight excluding hydrogens is 370 g/mol. The van der Waals surface area contributed by atoms with Crippen LogP contribution in [0.4, 0.5) is 10.5 Å². The van der Waals surface area contributed by atoms with Crippen LogP contribution in [0.5, 0.6) is 11.5 Å². The molecule has 0 aromatic heterocycles. The lowest BCUT2D eigenvalue weighted by atomic mass is 9.88. The van der Waals surface area contributed by atoms with E-state index in [4.69, 9.17) is 4.74 Å². The highest BCUT2D eigenvalue weighted by Gasteiger charge is 2.38. The molecule has 152 valence electrons. The summed E-state index contributed by atoms with van der Waals surface area (Å²) in [5.41, 5.74) is 3.59. The van der Waals surface area contributed by atoms with Crippen LogP contribution >= 0.6 is 0 Å². The van der Waals surface area contributed by atoms with Gasteiger partial charge in [0, 0.05) is 11.4 Å². The number of hydrogen-bond acceptors (Lipinski definition) is 4. The Balaban J connectivity index is 1.95. The van der Waals surface area contributed by atoms with Gasteiger partial charge in [-0.05, 0) is 55.7 Å². The molecule has 3 rings (SSSR count). The molecule has 29 heavy (non-hydrogen) atoms. The Bertz CT molecular complexity index is 971. The van der Waals surface area contributed by atoms with Gasteiger partial charge in [-0.3, -0.25) is 4.79 Å². The molecule has 1 heterocycles. The minimum Gasteiger partial charge on any atom is -0.504 e. The first-order chi connectivity index (χ1) is 13.8. The van der Waals surface area contributed by atoms with Crippen LogP contribution in [0.3, 0.4) is 0 Å². The maximum absolute atomic E-state index is 13.2. The van der Waals surface area contributed by atoms with E-state index in [0.29, 0.717) is 23.6 Å². The minimum atomic E-state index is -0.758. The fraction of sp³-hybridized carbons (Fsp3) is 0.273. The summed E-state index contributed by atoms with van der Waals surface area (Å²) in [6, 6.07) is 9.46. The topological polar surface area (TPSA) is 99.7 Å². The van der Waals surface area contributed by atoms with Gasteiger partial charge in [-0.15, -0.1) is 0 Å². The number of phenolic OH excluding ortho intramolecular Hbond substituents is 1. The number of benzene rings is 2. The van der Waals surface area contributed by atoms with Crippen LogP contribution < -0.4 is 20.7 Å². The maximum atomic E-state index is 13.2. The largest absolute Gasteiger partial charge is 0.504 e. The molecule has 4 N–H and O–H groups in total. The van der Waals surface area contributed by atoms with E-state index in [9.17, 15) is 14.7 Å². The summed E-state index contributed by atoms with van der Waals surface area (Å²) in [5, 5.41) is 18.3. The summed E-state index contributed by atoms with van der Waals surface area (Å²) in [6.07, 6.45) is 0. The van der Waals surface area contributed by atoms with Crippen molar-refractivity contribution in [2.24, 2.45) is 5.92 Å². The second-order valence-corrected chi connectivity index (χ2v) is 7.05. The first-order valence-corrected chi connectivity index (χ1v) is 9.40. The van der Waals surface area contributed by atoms with Crippen molar-refractivity contribution in [3.63, 3.8) is 0 Å². The van der Waals surface area contributed by atoms with Gasteiger partial charge in [-0.1, -0.05) is 24.8 Å². The van der Waals surface area contributed by atoms with Crippen molar-refractivity contribution in [2.45, 2.75) is 26.8 Å². The average Bonchev–Trinajstić information content (AvgIpc) is 2.66. The summed E-state index contributed by atoms with van der Waals surface area (Å²) in [7, 11) is 0. The van der Waals surface area contributed by atoms with E-state index in [2.05, 4.69) is 22.5 Å². The number of rotatable bonds is 5. The zero-order valence-electron chi connectivity index (χ0n) is 16.7. The number of hydrogen-bond donors (Lipinski definition) is 4. The second kappa shape index (κ2) is 8.26. The zero-order chi connectivity index (χ0) is 21.1. The van der Waals surface area contributed by atoms with Crippen LogP contribution in [0.1, 0.15) is 29.7 Å². The number of ether oxygens (including phenoxy) is 1. The molecule has 7 nitrogen and oxygen atoms in total. The lowest BCUT2D eigenvalue weighted by Gasteiger charge is -2.34. The summed E-state index contributed by atoms with van der Waals surface area (Å²) < 4.78 is 5.44. The molecule has 2 atom stereocenters. The Morgan fingerprint density at radius 2 is 2.00 bits per heavy atom. The van der Waals surface area contributed by atoms with Crippen LogP contribution in [0.2, 0.25) is 0 Å². The molecule has 0 unspecified atom stereocenters. The Labute approximate surface area is 169 Å². The van der Waals surface area contributed by atoms with E-state index in [1.54, 1.807) is 19.1 Å². The van der Waals surface area contributed by atoms with E-state index >= 15 is 0 Å². The SMILES string of the molecule is C=C1NC(=O)N[C@@H](c2ccc(O)c(OCC)c2)[C@H]1C(=O)Nc1cc(C)ccc1C. The first kappa shape index (κ1) is 20.3. The van der Waals surface area contributed by atoms with Gasteiger partial charge in [-0.25, -0.2) is 4.79 Å². The van der Waals surface area contributed by atoms with Gasteiger partial charge < -0.3 is 25.8 Å². The predicted molar refractivity (Wildman–Crippen MR) is 111 cm³/mol. The van der Waals surface area contributed by atoms with Gasteiger partial charge in [0.1, 0.15) is 5.92 Å². The van der Waals surface area contributed by atoms with Crippen molar-refractivity contribution in [3.05, 3.63) is 65.4 Å². The highest BCUT2D eigenvalue weighted by molar-refractivity contribution is 5.97. The standard InChI is InChI=1S/C22H25N3O4/c1-5-29-18-11-15(8-9-17(18)26)20-19(14(4)23-22(28)25-20)21(27)24-16-10-12(2)6-7-13(16)3/h6-11,19-20,26H,4-5H2,1-3H3,(H,24,27)(H2,23,25,28)/t19-,20-/m0/s1. The Kier molecular flexibility index (Phi) is 5.77. The molecule has 3 amide bonds. The van der Waals surface area contributed by atoms with Crippen molar-refractivity contribution in [3.8, 4) is 11.5 Å². The summed E-state index contributed by atoms with van der Waals surface area (Å²) in [4.78, 5) is 25.2. The summed E-state index contributed by atoms with van der Waals surface area (Å²) in [6.45, 7) is 9.93. The highest BCUT2D eigenvalue weighted by atomic mass is 16.5. The van der Waals surface area contributed by atoms with E-state index in [1.807, 2.05) is 32.0 Å². The van der Waals surface area contributed by atoms with E-state index < -0.39 is 18.0 Å². The summed E-state index contributed by atoms with van der Waals surface area (Å²) >= 11 is 0. The molecule has 7 heteroatoms. The molecule has 2 aromatic rings. The molecule has 1 aliphatic heterocycles. The number of anilines is 1. The molecule has 2 aromatic carbocycles. The lowest BCUT2D eigenvalue weighted by molar-refractivity contribution is -0.119. The van der Waals surface area contributed by atoms with Crippen LogP contribution in [0.15, 0.2) is 48.7 Å². The number of phenols is 1. The highest BCUT2D eigenvalue weighted by Crippen LogP contribution is 2.35. The lowest BCUT2D eigenvalue weighted by Crippen LogP contribution is -2.51. The monoisotopic (exact) mass is 395 g/mol. The number of amides is 3. The summed E-state index contributed by atoms with van der Waals surface area (Å²) in [5.74, 6) is -0.776. The molecule has 0 radical (unpaired) electrons. The van der Waals surface area contributed by atoms with Gasteiger partial charge >= 0.3 is 6.03 Å². The number of carbonyl (C=O) groups is 2. The quantitative estimate of drug-likeness (QED) is 0.622. The molecule has 1 fully saturated rings. The predicted octanol–water partition coefficient (Wildman–Crippen LogP) is 3.53. The molecule has 0 saturated carbocycles. The van der Waals surface area contributed by atoms with Gasteiger partial charge in [0.2, 0.25) is 5.91 Å². The molecule has 1 saturated heterocycles. The molecule has 0 aliphatic carbocycles. The number of aromatic hydroxyl groups is 1.